The van der Waals surface area contributed by atoms with Gasteiger partial charge in [0, 0.05) is 23.1 Å². The van der Waals surface area contributed by atoms with Crippen molar-refractivity contribution in [1.82, 2.24) is 15.0 Å². The molecule has 1 atom stereocenters. The Morgan fingerprint density at radius 1 is 1.06 bits per heavy atom. The molecule has 0 bridgehead atoms. The maximum absolute atomic E-state index is 13.8. The zero-order valence-electron chi connectivity index (χ0n) is 19.7. The summed E-state index contributed by atoms with van der Waals surface area (Å²) < 4.78 is 27.6. The number of pyridine rings is 2. The van der Waals surface area contributed by atoms with E-state index in [1.807, 2.05) is 38.1 Å². The highest BCUT2D eigenvalue weighted by molar-refractivity contribution is 7.92. The zero-order valence-corrected chi connectivity index (χ0v) is 21.3. The Kier molecular flexibility index (Phi) is 7.16. The lowest BCUT2D eigenvalue weighted by molar-refractivity contribution is -0.134. The predicted octanol–water partition coefficient (Wildman–Crippen LogP) is 3.54. The third-order valence-corrected chi connectivity index (χ3v) is 8.92. The molecule has 11 heteroatoms. The van der Waals surface area contributed by atoms with Gasteiger partial charge in [0.2, 0.25) is 9.84 Å². The smallest absolute Gasteiger partial charge is 0.322 e. The van der Waals surface area contributed by atoms with Crippen molar-refractivity contribution in [1.29, 1.82) is 0 Å². The molecule has 0 aliphatic heterocycles. The SMILES string of the molecule is Cc1nc(-c2ccc(CC(N)(c3cccc(NCC(=O)O)n3)S(=O)(=O)c3ccccn3)cc2)sc1C. The van der Waals surface area contributed by atoms with E-state index in [9.17, 15) is 13.2 Å². The van der Waals surface area contributed by atoms with Crippen molar-refractivity contribution in [3.05, 3.63) is 88.7 Å². The van der Waals surface area contributed by atoms with Crippen LogP contribution >= 0.6 is 11.3 Å². The third kappa shape index (κ3) is 5.13. The van der Waals surface area contributed by atoms with Gasteiger partial charge in [0.1, 0.15) is 17.4 Å². The van der Waals surface area contributed by atoms with E-state index in [4.69, 9.17) is 10.8 Å². The molecule has 0 spiro atoms. The van der Waals surface area contributed by atoms with E-state index in [0.29, 0.717) is 5.56 Å². The fourth-order valence-electron chi connectivity index (χ4n) is 3.62. The number of carbonyl (C=O) groups is 1. The number of nitrogens with two attached hydrogens (primary N) is 1. The number of anilines is 1. The van der Waals surface area contributed by atoms with Gasteiger partial charge in [0.25, 0.3) is 0 Å². The minimum Gasteiger partial charge on any atom is -0.480 e. The number of aromatic nitrogens is 3. The van der Waals surface area contributed by atoms with E-state index >= 15 is 0 Å². The first-order chi connectivity index (χ1) is 17.1. The number of hydrogen-bond donors (Lipinski definition) is 3. The monoisotopic (exact) mass is 523 g/mol. The van der Waals surface area contributed by atoms with E-state index in [1.54, 1.807) is 35.6 Å². The first-order valence-corrected chi connectivity index (χ1v) is 13.3. The highest BCUT2D eigenvalue weighted by atomic mass is 32.2. The molecule has 0 saturated carbocycles. The molecule has 9 nitrogen and oxygen atoms in total. The van der Waals surface area contributed by atoms with Gasteiger partial charge in [0.15, 0.2) is 9.90 Å². The number of sulfone groups is 1. The number of nitrogens with zero attached hydrogens (tertiary/aromatic N) is 3. The number of hydrogen-bond acceptors (Lipinski definition) is 9. The zero-order chi connectivity index (χ0) is 25.9. The van der Waals surface area contributed by atoms with Crippen LogP contribution in [-0.2, 0) is 25.9 Å². The highest BCUT2D eigenvalue weighted by Gasteiger charge is 2.45. The van der Waals surface area contributed by atoms with Gasteiger partial charge in [-0.2, -0.15) is 0 Å². The topological polar surface area (TPSA) is 148 Å². The molecule has 36 heavy (non-hydrogen) atoms. The Morgan fingerprint density at radius 3 is 2.42 bits per heavy atom. The second kappa shape index (κ2) is 10.1. The van der Waals surface area contributed by atoms with Gasteiger partial charge in [-0.25, -0.2) is 23.4 Å². The standard InChI is InChI=1S/C25H25N5O4S2/c1-16-17(2)35-24(29-16)19-11-9-18(10-12-19)14-25(26,36(33,34)22-8-3-4-13-27-22)20-6-5-7-21(30-20)28-15-23(31)32/h3-13H,14-15,26H2,1-2H3,(H,28,30)(H,31,32). The van der Waals surface area contributed by atoms with Crippen LogP contribution in [0, 0.1) is 13.8 Å². The van der Waals surface area contributed by atoms with Gasteiger partial charge in [-0.15, -0.1) is 11.3 Å². The molecular weight excluding hydrogens is 498 g/mol. The summed E-state index contributed by atoms with van der Waals surface area (Å²) in [5.74, 6) is -0.876. The van der Waals surface area contributed by atoms with Crippen LogP contribution in [0.4, 0.5) is 5.82 Å². The molecule has 0 fully saturated rings. The lowest BCUT2D eigenvalue weighted by Crippen LogP contribution is -2.47. The first kappa shape index (κ1) is 25.4. The van der Waals surface area contributed by atoms with E-state index in [-0.39, 0.29) is 29.5 Å². The average Bonchev–Trinajstić information content (AvgIpc) is 3.21. The van der Waals surface area contributed by atoms with Crippen LogP contribution < -0.4 is 11.1 Å². The highest BCUT2D eigenvalue weighted by Crippen LogP contribution is 2.34. The summed E-state index contributed by atoms with van der Waals surface area (Å²) in [6.45, 7) is 3.60. The Bertz CT molecular complexity index is 1470. The molecule has 4 aromatic rings. The molecule has 3 aromatic heterocycles. The Morgan fingerprint density at radius 2 is 1.81 bits per heavy atom. The normalized spacial score (nSPS) is 13.2. The summed E-state index contributed by atoms with van der Waals surface area (Å²) in [4.78, 5) is 23.1. The molecule has 0 amide bonds. The van der Waals surface area contributed by atoms with E-state index < -0.39 is 20.7 Å². The van der Waals surface area contributed by atoms with Gasteiger partial charge in [-0.05, 0) is 43.7 Å². The quantitative estimate of drug-likeness (QED) is 0.299. The first-order valence-electron chi connectivity index (χ1n) is 11.0. The Balaban J connectivity index is 1.75. The number of thiazole rings is 1. The second-order valence-electron chi connectivity index (χ2n) is 8.25. The van der Waals surface area contributed by atoms with Crippen LogP contribution in [0.15, 0.2) is 71.9 Å². The molecule has 0 aliphatic carbocycles. The van der Waals surface area contributed by atoms with Crippen molar-refractivity contribution in [2.45, 2.75) is 30.2 Å². The van der Waals surface area contributed by atoms with Crippen LogP contribution in [0.5, 0.6) is 0 Å². The molecule has 0 radical (unpaired) electrons. The number of benzene rings is 1. The van der Waals surface area contributed by atoms with E-state index in [1.165, 1.54) is 18.3 Å². The number of carboxylic acid groups (broad SMARTS) is 1. The van der Waals surface area contributed by atoms with Crippen LogP contribution in [-0.4, -0.2) is 41.0 Å². The number of aliphatic carboxylic acids is 1. The van der Waals surface area contributed by atoms with Gasteiger partial charge in [0.05, 0.1) is 11.4 Å². The molecule has 1 aromatic carbocycles. The largest absolute Gasteiger partial charge is 0.480 e. The fourth-order valence-corrected chi connectivity index (χ4v) is 6.11. The van der Waals surface area contributed by atoms with Crippen LogP contribution in [0.2, 0.25) is 0 Å². The summed E-state index contributed by atoms with van der Waals surface area (Å²) in [6.07, 6.45) is 1.30. The minimum absolute atomic E-state index is 0.0683. The molecule has 0 saturated heterocycles. The van der Waals surface area contributed by atoms with E-state index in [0.717, 1.165) is 21.1 Å². The number of rotatable bonds is 9. The third-order valence-electron chi connectivity index (χ3n) is 5.69. The average molecular weight is 524 g/mol. The molecule has 4 N–H and O–H groups in total. The Hall–Kier alpha value is -3.67. The van der Waals surface area contributed by atoms with Crippen molar-refractivity contribution in [2.24, 2.45) is 5.73 Å². The molecule has 1 unspecified atom stereocenters. The number of aryl methyl sites for hydroxylation is 2. The van der Waals surface area contributed by atoms with Crippen molar-refractivity contribution >= 4 is 33.0 Å². The lowest BCUT2D eigenvalue weighted by Gasteiger charge is -2.29. The van der Waals surface area contributed by atoms with Crippen molar-refractivity contribution < 1.29 is 18.3 Å². The summed E-state index contributed by atoms with van der Waals surface area (Å²) in [5, 5.41) is 12.3. The van der Waals surface area contributed by atoms with Crippen molar-refractivity contribution in [2.75, 3.05) is 11.9 Å². The van der Waals surface area contributed by atoms with Crippen LogP contribution in [0.3, 0.4) is 0 Å². The van der Waals surface area contributed by atoms with Gasteiger partial charge in [-0.1, -0.05) is 36.4 Å². The van der Waals surface area contributed by atoms with Gasteiger partial charge < -0.3 is 16.2 Å². The number of nitrogens with one attached hydrogen (secondary N) is 1. The minimum atomic E-state index is -4.21. The number of carboxylic acids is 1. The molecule has 4 rings (SSSR count). The predicted molar refractivity (Wildman–Crippen MR) is 138 cm³/mol. The van der Waals surface area contributed by atoms with Crippen molar-refractivity contribution in [3.63, 3.8) is 0 Å². The van der Waals surface area contributed by atoms with Crippen LogP contribution in [0.1, 0.15) is 21.8 Å². The summed E-state index contributed by atoms with van der Waals surface area (Å²) in [7, 11) is -4.21. The summed E-state index contributed by atoms with van der Waals surface area (Å²) in [5.41, 5.74) is 9.36. The molecule has 0 aliphatic rings. The fraction of sp³-hybridized carbons (Fsp3) is 0.200. The summed E-state index contributed by atoms with van der Waals surface area (Å²) >= 11 is 1.59. The molecular formula is C25H25N5O4S2. The lowest BCUT2D eigenvalue weighted by atomic mass is 10.0. The summed E-state index contributed by atoms with van der Waals surface area (Å²) in [6, 6.07) is 16.6. The molecule has 186 valence electrons. The maximum atomic E-state index is 13.8. The van der Waals surface area contributed by atoms with Gasteiger partial charge in [-0.3, -0.25) is 4.79 Å². The van der Waals surface area contributed by atoms with Crippen molar-refractivity contribution in [3.8, 4) is 10.6 Å². The second-order valence-corrected chi connectivity index (χ2v) is 11.6. The Labute approximate surface area is 213 Å². The van der Waals surface area contributed by atoms with Gasteiger partial charge >= 0.3 is 5.97 Å². The molecule has 3 heterocycles. The van der Waals surface area contributed by atoms with E-state index in [2.05, 4.69) is 20.3 Å². The maximum Gasteiger partial charge on any atom is 0.322 e. The van der Waals surface area contributed by atoms with Crippen LogP contribution in [0.25, 0.3) is 10.6 Å².